The molecule has 2 heterocycles. The molecule has 5 heteroatoms. The normalized spacial score (nSPS) is 12.9. The zero-order chi connectivity index (χ0) is 13.1. The minimum Gasteiger partial charge on any atom is -0.308 e. The van der Waals surface area contributed by atoms with Gasteiger partial charge in [-0.15, -0.1) is 11.3 Å². The molecule has 0 aliphatic rings. The average Bonchev–Trinajstić information content (AvgIpc) is 2.85. The Hall–Kier alpha value is -1.20. The molecule has 0 aliphatic heterocycles. The van der Waals surface area contributed by atoms with Crippen molar-refractivity contribution in [2.24, 2.45) is 0 Å². The number of nitrogens with zero attached hydrogens (tertiary/aromatic N) is 3. The number of aromatic nitrogens is 3. The fourth-order valence-electron chi connectivity index (χ4n) is 2.03. The monoisotopic (exact) mass is 264 g/mol. The standard InChI is InChI=1S/C13H20N4S/c1-9-7-15-17(8-9)6-5-14-10(2)13-11(3)16-12(4)18-13/h7-8,10,14H,5-6H2,1-4H3. The Morgan fingerprint density at radius 1 is 1.39 bits per heavy atom. The van der Waals surface area contributed by atoms with Crippen LogP contribution < -0.4 is 5.32 Å². The van der Waals surface area contributed by atoms with Gasteiger partial charge in [-0.05, 0) is 33.3 Å². The van der Waals surface area contributed by atoms with Crippen LogP contribution in [-0.4, -0.2) is 21.3 Å². The fourth-order valence-corrected chi connectivity index (χ4v) is 2.98. The van der Waals surface area contributed by atoms with E-state index in [4.69, 9.17) is 0 Å². The molecule has 98 valence electrons. The lowest BCUT2D eigenvalue weighted by atomic mass is 10.2. The maximum atomic E-state index is 4.46. The third-order valence-corrected chi connectivity index (χ3v) is 4.14. The quantitative estimate of drug-likeness (QED) is 0.902. The van der Waals surface area contributed by atoms with Crippen LogP contribution >= 0.6 is 11.3 Å². The summed E-state index contributed by atoms with van der Waals surface area (Å²) >= 11 is 1.78. The number of nitrogens with one attached hydrogen (secondary N) is 1. The molecule has 0 saturated carbocycles. The zero-order valence-corrected chi connectivity index (χ0v) is 12.2. The van der Waals surface area contributed by atoms with Crippen LogP contribution in [0.25, 0.3) is 0 Å². The van der Waals surface area contributed by atoms with Crippen LogP contribution in [0, 0.1) is 20.8 Å². The highest BCUT2D eigenvalue weighted by Gasteiger charge is 2.11. The highest BCUT2D eigenvalue weighted by atomic mass is 32.1. The smallest absolute Gasteiger partial charge is 0.0900 e. The van der Waals surface area contributed by atoms with Gasteiger partial charge in [0.2, 0.25) is 0 Å². The van der Waals surface area contributed by atoms with E-state index in [1.165, 1.54) is 10.4 Å². The minimum absolute atomic E-state index is 0.354. The van der Waals surface area contributed by atoms with Crippen molar-refractivity contribution in [1.29, 1.82) is 0 Å². The van der Waals surface area contributed by atoms with E-state index in [2.05, 4.69) is 49.3 Å². The van der Waals surface area contributed by atoms with Gasteiger partial charge in [0.25, 0.3) is 0 Å². The van der Waals surface area contributed by atoms with Gasteiger partial charge in [-0.3, -0.25) is 4.68 Å². The molecule has 0 bridgehead atoms. The van der Waals surface area contributed by atoms with E-state index < -0.39 is 0 Å². The van der Waals surface area contributed by atoms with Crippen LogP contribution in [0.15, 0.2) is 12.4 Å². The molecular formula is C13H20N4S. The van der Waals surface area contributed by atoms with Crippen molar-refractivity contribution in [1.82, 2.24) is 20.1 Å². The van der Waals surface area contributed by atoms with E-state index in [9.17, 15) is 0 Å². The molecule has 0 radical (unpaired) electrons. The fraction of sp³-hybridized carbons (Fsp3) is 0.538. The van der Waals surface area contributed by atoms with E-state index in [1.807, 2.05) is 10.9 Å². The molecule has 0 amide bonds. The van der Waals surface area contributed by atoms with Gasteiger partial charge in [0.15, 0.2) is 0 Å². The first kappa shape index (κ1) is 13.2. The van der Waals surface area contributed by atoms with Gasteiger partial charge in [0.05, 0.1) is 23.4 Å². The number of hydrogen-bond acceptors (Lipinski definition) is 4. The summed E-state index contributed by atoms with van der Waals surface area (Å²) in [6, 6.07) is 0.354. The molecule has 0 aliphatic carbocycles. The first-order valence-electron chi connectivity index (χ1n) is 6.22. The molecule has 1 unspecified atom stereocenters. The second kappa shape index (κ2) is 5.63. The predicted molar refractivity (Wildman–Crippen MR) is 75.0 cm³/mol. The van der Waals surface area contributed by atoms with Gasteiger partial charge in [-0.2, -0.15) is 5.10 Å². The van der Waals surface area contributed by atoms with Crippen LogP contribution in [0.4, 0.5) is 0 Å². The van der Waals surface area contributed by atoms with Crippen molar-refractivity contribution in [2.75, 3.05) is 6.54 Å². The molecule has 0 aromatic carbocycles. The molecule has 2 aromatic heterocycles. The zero-order valence-electron chi connectivity index (χ0n) is 11.4. The maximum absolute atomic E-state index is 4.46. The number of thiazole rings is 1. The average molecular weight is 264 g/mol. The van der Waals surface area contributed by atoms with Crippen molar-refractivity contribution in [3.8, 4) is 0 Å². The summed E-state index contributed by atoms with van der Waals surface area (Å²) in [5.74, 6) is 0. The van der Waals surface area contributed by atoms with Crippen molar-refractivity contribution < 1.29 is 0 Å². The molecule has 0 saturated heterocycles. The van der Waals surface area contributed by atoms with E-state index in [1.54, 1.807) is 11.3 Å². The Kier molecular flexibility index (Phi) is 4.14. The van der Waals surface area contributed by atoms with Gasteiger partial charge < -0.3 is 5.32 Å². The molecular weight excluding hydrogens is 244 g/mol. The Bertz CT molecular complexity index is 515. The molecule has 0 fully saturated rings. The van der Waals surface area contributed by atoms with Gasteiger partial charge >= 0.3 is 0 Å². The largest absolute Gasteiger partial charge is 0.308 e. The molecule has 2 rings (SSSR count). The van der Waals surface area contributed by atoms with E-state index in [0.29, 0.717) is 6.04 Å². The number of aryl methyl sites for hydroxylation is 3. The molecule has 2 aromatic rings. The Labute approximate surface area is 112 Å². The van der Waals surface area contributed by atoms with Gasteiger partial charge in [0.1, 0.15) is 0 Å². The Morgan fingerprint density at radius 2 is 2.17 bits per heavy atom. The Balaban J connectivity index is 1.85. The highest BCUT2D eigenvalue weighted by molar-refractivity contribution is 7.11. The van der Waals surface area contributed by atoms with Crippen LogP contribution in [0.1, 0.15) is 34.1 Å². The van der Waals surface area contributed by atoms with Crippen molar-refractivity contribution in [3.05, 3.63) is 33.5 Å². The molecule has 18 heavy (non-hydrogen) atoms. The van der Waals surface area contributed by atoms with Gasteiger partial charge in [-0.25, -0.2) is 4.98 Å². The second-order valence-electron chi connectivity index (χ2n) is 4.64. The van der Waals surface area contributed by atoms with Crippen molar-refractivity contribution in [3.63, 3.8) is 0 Å². The highest BCUT2D eigenvalue weighted by Crippen LogP contribution is 2.24. The molecule has 4 nitrogen and oxygen atoms in total. The molecule has 1 atom stereocenters. The van der Waals surface area contributed by atoms with Crippen molar-refractivity contribution in [2.45, 2.75) is 40.3 Å². The molecule has 1 N–H and O–H groups in total. The van der Waals surface area contributed by atoms with Crippen LogP contribution in [-0.2, 0) is 6.54 Å². The SMILES string of the molecule is Cc1cnn(CCNC(C)c2sc(C)nc2C)c1. The van der Waals surface area contributed by atoms with Crippen LogP contribution in [0.3, 0.4) is 0 Å². The van der Waals surface area contributed by atoms with Crippen LogP contribution in [0.2, 0.25) is 0 Å². The van der Waals surface area contributed by atoms with Gasteiger partial charge in [-0.1, -0.05) is 0 Å². The summed E-state index contributed by atoms with van der Waals surface area (Å²) in [6.45, 7) is 10.2. The summed E-state index contributed by atoms with van der Waals surface area (Å²) < 4.78 is 1.97. The molecule has 0 spiro atoms. The van der Waals surface area contributed by atoms with E-state index >= 15 is 0 Å². The third kappa shape index (κ3) is 3.17. The Morgan fingerprint density at radius 3 is 2.72 bits per heavy atom. The lowest BCUT2D eigenvalue weighted by molar-refractivity contribution is 0.510. The second-order valence-corrected chi connectivity index (χ2v) is 5.87. The third-order valence-electron chi connectivity index (χ3n) is 2.89. The van der Waals surface area contributed by atoms with Crippen molar-refractivity contribution >= 4 is 11.3 Å². The summed E-state index contributed by atoms with van der Waals surface area (Å²) in [6.07, 6.45) is 3.95. The first-order valence-corrected chi connectivity index (χ1v) is 7.04. The van der Waals surface area contributed by atoms with Gasteiger partial charge in [0, 0.05) is 23.7 Å². The first-order chi connectivity index (χ1) is 8.56. The summed E-state index contributed by atoms with van der Waals surface area (Å²) in [7, 11) is 0. The summed E-state index contributed by atoms with van der Waals surface area (Å²) in [5.41, 5.74) is 2.35. The minimum atomic E-state index is 0.354. The number of hydrogen-bond donors (Lipinski definition) is 1. The topological polar surface area (TPSA) is 42.7 Å². The number of rotatable bonds is 5. The maximum Gasteiger partial charge on any atom is 0.0900 e. The van der Waals surface area contributed by atoms with Crippen LogP contribution in [0.5, 0.6) is 0 Å². The van der Waals surface area contributed by atoms with E-state index in [-0.39, 0.29) is 0 Å². The van der Waals surface area contributed by atoms with E-state index in [0.717, 1.165) is 23.8 Å². The predicted octanol–water partition coefficient (Wildman–Crippen LogP) is 2.62. The summed E-state index contributed by atoms with van der Waals surface area (Å²) in [4.78, 5) is 5.80. The summed E-state index contributed by atoms with van der Waals surface area (Å²) in [5, 5.41) is 8.93. The lowest BCUT2D eigenvalue weighted by Gasteiger charge is -2.12. The lowest BCUT2D eigenvalue weighted by Crippen LogP contribution is -2.23.